The van der Waals surface area contributed by atoms with E-state index < -0.39 is 11.9 Å². The fourth-order valence-corrected chi connectivity index (χ4v) is 1.32. The molecule has 0 spiro atoms. The van der Waals surface area contributed by atoms with Crippen molar-refractivity contribution in [3.63, 3.8) is 0 Å². The first-order valence-electron chi connectivity index (χ1n) is 4.37. The second-order valence-corrected chi connectivity index (χ2v) is 3.31. The van der Waals surface area contributed by atoms with Crippen LogP contribution in [-0.2, 0) is 0 Å². The van der Waals surface area contributed by atoms with Crippen LogP contribution in [-0.4, -0.2) is 31.1 Å². The van der Waals surface area contributed by atoms with Crippen LogP contribution in [0.2, 0.25) is 0 Å². The smallest absolute Gasteiger partial charge is 0.338 e. The number of hydrogen-bond donors (Lipinski definition) is 2. The summed E-state index contributed by atoms with van der Waals surface area (Å²) in [5.41, 5.74) is -0.525. The Bertz CT molecular complexity index is 285. The SMILES string of the molecule is CC1NCCN=C1N/C(=C/Cl)C(F)(F)F. The van der Waals surface area contributed by atoms with Crippen LogP contribution in [0.15, 0.2) is 16.2 Å². The van der Waals surface area contributed by atoms with Gasteiger partial charge in [0.25, 0.3) is 0 Å². The molecular weight excluding hydrogens is 231 g/mol. The lowest BCUT2D eigenvalue weighted by Gasteiger charge is -2.23. The molecule has 1 rings (SSSR count). The molecule has 0 radical (unpaired) electrons. The molecule has 1 heterocycles. The molecule has 0 saturated heterocycles. The summed E-state index contributed by atoms with van der Waals surface area (Å²) in [5.74, 6) is 0.255. The van der Waals surface area contributed by atoms with Crippen molar-refractivity contribution in [3.05, 3.63) is 11.2 Å². The van der Waals surface area contributed by atoms with E-state index in [0.717, 1.165) is 0 Å². The quantitative estimate of drug-likeness (QED) is 0.732. The zero-order valence-electron chi connectivity index (χ0n) is 8.03. The van der Waals surface area contributed by atoms with E-state index in [2.05, 4.69) is 15.6 Å². The van der Waals surface area contributed by atoms with Gasteiger partial charge in [-0.25, -0.2) is 0 Å². The highest BCUT2D eigenvalue weighted by Crippen LogP contribution is 2.24. The number of aliphatic imine (C=N–C) groups is 1. The van der Waals surface area contributed by atoms with Crippen molar-refractivity contribution in [3.8, 4) is 0 Å². The fourth-order valence-electron chi connectivity index (χ4n) is 1.14. The van der Waals surface area contributed by atoms with E-state index in [9.17, 15) is 13.2 Å². The van der Waals surface area contributed by atoms with Crippen LogP contribution < -0.4 is 10.6 Å². The van der Waals surface area contributed by atoms with Gasteiger partial charge in [-0.15, -0.1) is 0 Å². The fraction of sp³-hybridized carbons (Fsp3) is 0.625. The molecule has 1 aliphatic heterocycles. The molecule has 0 amide bonds. The summed E-state index contributed by atoms with van der Waals surface area (Å²) in [7, 11) is 0. The molecule has 2 N–H and O–H groups in total. The Morgan fingerprint density at radius 3 is 2.80 bits per heavy atom. The standard InChI is InChI=1S/C8H11ClF3N3/c1-5-7(14-3-2-13-5)15-6(4-9)8(10,11)12/h4-5,13H,2-3H2,1H3,(H,14,15)/b6-4+. The molecule has 1 atom stereocenters. The Labute approximate surface area is 90.4 Å². The van der Waals surface area contributed by atoms with Crippen LogP contribution in [0.25, 0.3) is 0 Å². The van der Waals surface area contributed by atoms with Gasteiger partial charge < -0.3 is 10.6 Å². The maximum absolute atomic E-state index is 12.3. The van der Waals surface area contributed by atoms with Gasteiger partial charge in [0, 0.05) is 12.1 Å². The third-order valence-corrected chi connectivity index (χ3v) is 2.15. The van der Waals surface area contributed by atoms with Crippen molar-refractivity contribution in [2.45, 2.75) is 19.1 Å². The van der Waals surface area contributed by atoms with E-state index in [4.69, 9.17) is 11.6 Å². The predicted octanol–water partition coefficient (Wildman–Crippen LogP) is 1.61. The van der Waals surface area contributed by atoms with E-state index in [-0.39, 0.29) is 11.9 Å². The molecular formula is C8H11ClF3N3. The maximum Gasteiger partial charge on any atom is 0.432 e. The topological polar surface area (TPSA) is 36.4 Å². The van der Waals surface area contributed by atoms with Crippen LogP contribution in [0.3, 0.4) is 0 Å². The van der Waals surface area contributed by atoms with Crippen LogP contribution >= 0.6 is 11.6 Å². The number of alkyl halides is 3. The normalized spacial score (nSPS) is 23.7. The first kappa shape index (κ1) is 12.3. The second-order valence-electron chi connectivity index (χ2n) is 3.09. The molecule has 0 aromatic rings. The van der Waals surface area contributed by atoms with Crippen molar-refractivity contribution in [2.75, 3.05) is 13.1 Å². The third-order valence-electron chi connectivity index (χ3n) is 1.93. The van der Waals surface area contributed by atoms with E-state index in [1.54, 1.807) is 6.92 Å². The molecule has 1 unspecified atom stereocenters. The maximum atomic E-state index is 12.3. The van der Waals surface area contributed by atoms with Gasteiger partial charge in [-0.1, -0.05) is 11.6 Å². The van der Waals surface area contributed by atoms with Crippen LogP contribution in [0.4, 0.5) is 13.2 Å². The zero-order valence-corrected chi connectivity index (χ0v) is 8.78. The minimum atomic E-state index is -4.48. The van der Waals surface area contributed by atoms with Crippen molar-refractivity contribution in [1.29, 1.82) is 0 Å². The van der Waals surface area contributed by atoms with E-state index in [1.165, 1.54) is 0 Å². The molecule has 0 aliphatic carbocycles. The molecule has 86 valence electrons. The van der Waals surface area contributed by atoms with E-state index in [0.29, 0.717) is 18.6 Å². The lowest BCUT2D eigenvalue weighted by atomic mass is 10.2. The van der Waals surface area contributed by atoms with Crippen molar-refractivity contribution in [2.24, 2.45) is 4.99 Å². The van der Waals surface area contributed by atoms with Crippen LogP contribution in [0, 0.1) is 0 Å². The summed E-state index contributed by atoms with van der Waals surface area (Å²) in [6, 6.07) is -0.229. The first-order valence-corrected chi connectivity index (χ1v) is 4.81. The Morgan fingerprint density at radius 1 is 1.67 bits per heavy atom. The number of allylic oxidation sites excluding steroid dienone is 1. The molecule has 15 heavy (non-hydrogen) atoms. The summed E-state index contributed by atoms with van der Waals surface area (Å²) < 4.78 is 36.9. The van der Waals surface area contributed by atoms with Crippen molar-refractivity contribution in [1.82, 2.24) is 10.6 Å². The number of hydrogen-bond acceptors (Lipinski definition) is 3. The van der Waals surface area contributed by atoms with Crippen LogP contribution in [0.1, 0.15) is 6.92 Å². The molecule has 0 aromatic carbocycles. The van der Waals surface area contributed by atoms with Gasteiger partial charge in [0.1, 0.15) is 11.5 Å². The zero-order chi connectivity index (χ0) is 11.5. The monoisotopic (exact) mass is 241 g/mol. The largest absolute Gasteiger partial charge is 0.432 e. The third kappa shape index (κ3) is 3.39. The number of nitrogens with one attached hydrogen (secondary N) is 2. The Balaban J connectivity index is 2.72. The number of rotatable bonds is 1. The van der Waals surface area contributed by atoms with Gasteiger partial charge in [0.05, 0.1) is 12.6 Å². The highest BCUT2D eigenvalue weighted by atomic mass is 35.5. The molecule has 0 aromatic heterocycles. The molecule has 1 aliphatic rings. The summed E-state index contributed by atoms with van der Waals surface area (Å²) in [6.07, 6.45) is -4.48. The number of nitrogens with zero attached hydrogens (tertiary/aromatic N) is 1. The summed E-state index contributed by atoms with van der Waals surface area (Å²) in [6.45, 7) is 2.85. The molecule has 0 bridgehead atoms. The molecule has 3 nitrogen and oxygen atoms in total. The first-order chi connectivity index (χ1) is 6.95. The highest BCUT2D eigenvalue weighted by Gasteiger charge is 2.35. The second kappa shape index (κ2) is 4.85. The lowest BCUT2D eigenvalue weighted by Crippen LogP contribution is -2.48. The van der Waals surface area contributed by atoms with E-state index >= 15 is 0 Å². The highest BCUT2D eigenvalue weighted by molar-refractivity contribution is 6.25. The van der Waals surface area contributed by atoms with Gasteiger partial charge >= 0.3 is 6.18 Å². The minimum absolute atomic E-state index is 0.229. The Morgan fingerprint density at radius 2 is 2.33 bits per heavy atom. The summed E-state index contributed by atoms with van der Waals surface area (Å²) in [5, 5.41) is 5.17. The number of amidine groups is 1. The Hall–Kier alpha value is -0.750. The molecule has 0 saturated carbocycles. The lowest BCUT2D eigenvalue weighted by molar-refractivity contribution is -0.0947. The average molecular weight is 242 g/mol. The predicted molar refractivity (Wildman–Crippen MR) is 52.9 cm³/mol. The minimum Gasteiger partial charge on any atom is -0.338 e. The Kier molecular flexibility index (Phi) is 3.98. The van der Waals surface area contributed by atoms with Crippen molar-refractivity contribution >= 4 is 17.4 Å². The van der Waals surface area contributed by atoms with E-state index in [1.807, 2.05) is 0 Å². The van der Waals surface area contributed by atoms with Gasteiger partial charge in [-0.3, -0.25) is 4.99 Å². The van der Waals surface area contributed by atoms with Crippen molar-refractivity contribution < 1.29 is 13.2 Å². The number of halogens is 4. The summed E-state index contributed by atoms with van der Waals surface area (Å²) in [4.78, 5) is 3.96. The van der Waals surface area contributed by atoms with Gasteiger partial charge in [0.2, 0.25) is 0 Å². The molecule has 0 fully saturated rings. The van der Waals surface area contributed by atoms with Gasteiger partial charge in [-0.05, 0) is 6.92 Å². The summed E-state index contributed by atoms with van der Waals surface area (Å²) >= 11 is 5.10. The molecule has 7 heteroatoms. The van der Waals surface area contributed by atoms with Crippen LogP contribution in [0.5, 0.6) is 0 Å². The average Bonchev–Trinajstić information content (AvgIpc) is 2.14. The van der Waals surface area contributed by atoms with Gasteiger partial charge in [0.15, 0.2) is 0 Å². The van der Waals surface area contributed by atoms with Gasteiger partial charge in [-0.2, -0.15) is 13.2 Å².